The van der Waals surface area contributed by atoms with Gasteiger partial charge in [0, 0.05) is 38.6 Å². The van der Waals surface area contributed by atoms with Gasteiger partial charge in [-0.3, -0.25) is 14.5 Å². The van der Waals surface area contributed by atoms with E-state index in [2.05, 4.69) is 11.5 Å². The number of hydrogen-bond donors (Lipinski definition) is 0. The van der Waals surface area contributed by atoms with Crippen molar-refractivity contribution < 1.29 is 9.59 Å². The molecule has 2 atom stereocenters. The van der Waals surface area contributed by atoms with E-state index in [9.17, 15) is 9.59 Å². The van der Waals surface area contributed by atoms with E-state index in [1.807, 2.05) is 23.6 Å². The average Bonchev–Trinajstić information content (AvgIpc) is 3.12. The van der Waals surface area contributed by atoms with Gasteiger partial charge in [-0.2, -0.15) is 0 Å². The van der Waals surface area contributed by atoms with E-state index in [1.165, 1.54) is 0 Å². The molecule has 2 unspecified atom stereocenters. The maximum absolute atomic E-state index is 12.6. The Balaban J connectivity index is 2.00. The summed E-state index contributed by atoms with van der Waals surface area (Å²) in [4.78, 5) is 30.6. The lowest BCUT2D eigenvalue weighted by Crippen LogP contribution is -2.50. The van der Waals surface area contributed by atoms with Gasteiger partial charge in [0.25, 0.3) is 0 Å². The Bertz CT molecular complexity index is 463. The van der Waals surface area contributed by atoms with Crippen molar-refractivity contribution in [2.45, 2.75) is 58.5 Å². The van der Waals surface area contributed by atoms with Gasteiger partial charge in [-0.05, 0) is 46.1 Å². The Morgan fingerprint density at radius 2 is 1.78 bits per heavy atom. The lowest BCUT2D eigenvalue weighted by Gasteiger charge is -2.35. The van der Waals surface area contributed by atoms with Crippen molar-refractivity contribution in [1.82, 2.24) is 14.7 Å². The Morgan fingerprint density at radius 3 is 2.39 bits per heavy atom. The minimum atomic E-state index is 0.170. The van der Waals surface area contributed by atoms with Gasteiger partial charge in [0.05, 0.1) is 6.54 Å². The number of amides is 2. The van der Waals surface area contributed by atoms with Crippen LogP contribution in [0.3, 0.4) is 0 Å². The third kappa shape index (κ3) is 4.34. The van der Waals surface area contributed by atoms with Gasteiger partial charge in [0.15, 0.2) is 0 Å². The van der Waals surface area contributed by atoms with Crippen LogP contribution in [0.25, 0.3) is 0 Å². The maximum atomic E-state index is 12.6. The van der Waals surface area contributed by atoms with Gasteiger partial charge in [-0.15, -0.1) is 0 Å². The largest absolute Gasteiger partial charge is 0.338 e. The minimum absolute atomic E-state index is 0.170. The lowest BCUT2D eigenvalue weighted by molar-refractivity contribution is -0.133. The molecule has 2 aliphatic heterocycles. The first kappa shape index (κ1) is 18.0. The highest BCUT2D eigenvalue weighted by molar-refractivity contribution is 5.78. The molecule has 2 saturated heterocycles. The molecule has 0 spiro atoms. The van der Waals surface area contributed by atoms with Crippen LogP contribution in [0.15, 0.2) is 12.2 Å². The first-order valence-corrected chi connectivity index (χ1v) is 8.87. The van der Waals surface area contributed by atoms with Crippen molar-refractivity contribution in [3.8, 4) is 0 Å². The van der Waals surface area contributed by atoms with Gasteiger partial charge in [0.1, 0.15) is 0 Å². The van der Waals surface area contributed by atoms with Crippen LogP contribution < -0.4 is 0 Å². The van der Waals surface area contributed by atoms with Crippen molar-refractivity contribution in [3.05, 3.63) is 12.2 Å². The molecule has 0 aromatic heterocycles. The fourth-order valence-electron chi connectivity index (χ4n) is 4.04. The summed E-state index contributed by atoms with van der Waals surface area (Å²) in [5.74, 6) is 0.345. The quantitative estimate of drug-likeness (QED) is 0.702. The van der Waals surface area contributed by atoms with Crippen molar-refractivity contribution in [1.29, 1.82) is 0 Å². The molecule has 23 heavy (non-hydrogen) atoms. The maximum Gasteiger partial charge on any atom is 0.237 e. The van der Waals surface area contributed by atoms with Crippen LogP contribution in [0.1, 0.15) is 46.5 Å². The fraction of sp³-hybridized carbons (Fsp3) is 0.778. The highest BCUT2D eigenvalue weighted by Crippen LogP contribution is 2.30. The Morgan fingerprint density at radius 1 is 1.13 bits per heavy atom. The van der Waals surface area contributed by atoms with Gasteiger partial charge < -0.3 is 9.80 Å². The van der Waals surface area contributed by atoms with Crippen LogP contribution in [-0.2, 0) is 9.59 Å². The number of hydrogen-bond acceptors (Lipinski definition) is 3. The van der Waals surface area contributed by atoms with Crippen LogP contribution in [-0.4, -0.2) is 71.3 Å². The zero-order valence-electron chi connectivity index (χ0n) is 14.9. The number of carbonyl (C=O) groups excluding carboxylic acids is 2. The Hall–Kier alpha value is -1.36. The Labute approximate surface area is 140 Å². The summed E-state index contributed by atoms with van der Waals surface area (Å²) in [6.07, 6.45) is 4.36. The molecule has 0 aliphatic carbocycles. The van der Waals surface area contributed by atoms with Crippen molar-refractivity contribution in [3.63, 3.8) is 0 Å². The smallest absolute Gasteiger partial charge is 0.237 e. The second kappa shape index (κ2) is 7.95. The monoisotopic (exact) mass is 321 g/mol. The molecule has 0 aromatic rings. The van der Waals surface area contributed by atoms with Gasteiger partial charge in [-0.25, -0.2) is 0 Å². The predicted octanol–water partition coefficient (Wildman–Crippen LogP) is 1.89. The van der Waals surface area contributed by atoms with Crippen LogP contribution in [0.2, 0.25) is 0 Å². The third-order valence-electron chi connectivity index (χ3n) is 5.10. The summed E-state index contributed by atoms with van der Waals surface area (Å²) in [5.41, 5.74) is 1.01. The second-order valence-electron chi connectivity index (χ2n) is 6.97. The number of rotatable bonds is 6. The van der Waals surface area contributed by atoms with Crippen LogP contribution in [0.4, 0.5) is 0 Å². The van der Waals surface area contributed by atoms with Crippen molar-refractivity contribution in [2.75, 3.05) is 32.7 Å². The van der Waals surface area contributed by atoms with E-state index in [4.69, 9.17) is 0 Å². The number of nitrogens with zero attached hydrogens (tertiary/aromatic N) is 3. The first-order chi connectivity index (χ1) is 10.9. The van der Waals surface area contributed by atoms with Gasteiger partial charge >= 0.3 is 0 Å². The van der Waals surface area contributed by atoms with E-state index in [0.717, 1.165) is 44.3 Å². The zero-order chi connectivity index (χ0) is 17.0. The molecule has 0 bridgehead atoms. The molecule has 2 aliphatic rings. The fourth-order valence-corrected chi connectivity index (χ4v) is 4.04. The molecule has 0 N–H and O–H groups in total. The minimum Gasteiger partial charge on any atom is -0.338 e. The molecule has 130 valence electrons. The average molecular weight is 321 g/mol. The zero-order valence-corrected chi connectivity index (χ0v) is 14.9. The van der Waals surface area contributed by atoms with Crippen molar-refractivity contribution in [2.24, 2.45) is 0 Å². The normalized spacial score (nSPS) is 24.9. The molecular weight excluding hydrogens is 290 g/mol. The number of likely N-dealkylation sites (N-methyl/N-ethyl adjacent to an activating group) is 1. The van der Waals surface area contributed by atoms with E-state index in [-0.39, 0.29) is 11.8 Å². The first-order valence-electron chi connectivity index (χ1n) is 8.87. The SMILES string of the molecule is C=C(C)CN(CC)C(=O)CN1CCCC1C1CCCN1C(C)=O. The standard InChI is InChI=1S/C18H31N3O2/c1-5-19(12-14(2)3)18(23)13-20-10-6-8-16(20)17-9-7-11-21(17)15(4)22/h16-17H,2,5-13H2,1,3-4H3. The molecule has 0 aromatic carbocycles. The predicted molar refractivity (Wildman–Crippen MR) is 92.1 cm³/mol. The van der Waals surface area contributed by atoms with Crippen LogP contribution in [0.5, 0.6) is 0 Å². The molecule has 2 fully saturated rings. The van der Waals surface area contributed by atoms with E-state index in [0.29, 0.717) is 31.7 Å². The Kier molecular flexibility index (Phi) is 6.22. The topological polar surface area (TPSA) is 43.9 Å². The van der Waals surface area contributed by atoms with E-state index in [1.54, 1.807) is 6.92 Å². The van der Waals surface area contributed by atoms with Gasteiger partial charge in [-0.1, -0.05) is 12.2 Å². The summed E-state index contributed by atoms with van der Waals surface area (Å²) in [7, 11) is 0. The summed E-state index contributed by atoms with van der Waals surface area (Å²) in [6, 6.07) is 0.632. The number of carbonyl (C=O) groups is 2. The molecule has 0 saturated carbocycles. The number of likely N-dealkylation sites (tertiary alicyclic amines) is 2. The summed E-state index contributed by atoms with van der Waals surface area (Å²) >= 11 is 0. The summed E-state index contributed by atoms with van der Waals surface area (Å²) in [6.45, 7) is 13.2. The summed E-state index contributed by atoms with van der Waals surface area (Å²) in [5, 5.41) is 0. The van der Waals surface area contributed by atoms with Crippen LogP contribution >= 0.6 is 0 Å². The molecule has 2 heterocycles. The second-order valence-corrected chi connectivity index (χ2v) is 6.97. The molecule has 2 amide bonds. The third-order valence-corrected chi connectivity index (χ3v) is 5.10. The molecular formula is C18H31N3O2. The molecule has 5 nitrogen and oxygen atoms in total. The summed E-state index contributed by atoms with van der Waals surface area (Å²) < 4.78 is 0. The highest BCUT2D eigenvalue weighted by atomic mass is 16.2. The van der Waals surface area contributed by atoms with E-state index < -0.39 is 0 Å². The van der Waals surface area contributed by atoms with E-state index >= 15 is 0 Å². The highest BCUT2D eigenvalue weighted by Gasteiger charge is 2.39. The molecule has 2 rings (SSSR count). The molecule has 0 radical (unpaired) electrons. The van der Waals surface area contributed by atoms with Gasteiger partial charge in [0.2, 0.25) is 11.8 Å². The van der Waals surface area contributed by atoms with Crippen LogP contribution in [0, 0.1) is 0 Å². The molecule has 5 heteroatoms. The lowest BCUT2D eigenvalue weighted by atomic mass is 10.0. The van der Waals surface area contributed by atoms with Crippen molar-refractivity contribution >= 4 is 11.8 Å².